The van der Waals surface area contributed by atoms with Gasteiger partial charge < -0.3 is 9.84 Å². The van der Waals surface area contributed by atoms with Gasteiger partial charge in [-0.2, -0.15) is 0 Å². The van der Waals surface area contributed by atoms with Crippen LogP contribution in [0.25, 0.3) is 0 Å². The Morgan fingerprint density at radius 1 is 0.964 bits per heavy atom. The molecule has 0 radical (unpaired) electrons. The zero-order chi connectivity index (χ0) is 19.9. The summed E-state index contributed by atoms with van der Waals surface area (Å²) in [5, 5.41) is 12.3. The van der Waals surface area contributed by atoms with Gasteiger partial charge in [-0.25, -0.2) is 19.6 Å². The number of nitrogens with zero attached hydrogens (tertiary/aromatic N) is 2. The molecule has 0 aromatic heterocycles. The minimum absolute atomic E-state index is 0.0358. The number of carbonyl (C=O) groups is 3. The van der Waals surface area contributed by atoms with Gasteiger partial charge in [0.1, 0.15) is 0 Å². The average molecular weight is 388 g/mol. The van der Waals surface area contributed by atoms with E-state index in [-0.39, 0.29) is 18.2 Å². The molecule has 1 atom stereocenters. The lowest BCUT2D eigenvalue weighted by Crippen LogP contribution is -2.56. The standard InChI is InChI=1S/C21H28N2O5/c24-19(17-11-5-2-6-12-17)22-13-7-8-14-23(22)21(27)28-18(20(25)26)15-16-9-3-1-4-10-16/h1,3-4,9-10,17-18H,2,5-8,11-15H2,(H,25,26). The van der Waals surface area contributed by atoms with Crippen molar-refractivity contribution >= 4 is 18.0 Å². The number of aliphatic carboxylic acids is 1. The smallest absolute Gasteiger partial charge is 0.429 e. The van der Waals surface area contributed by atoms with Crippen molar-refractivity contribution in [3.05, 3.63) is 35.9 Å². The maximum absolute atomic E-state index is 12.9. The van der Waals surface area contributed by atoms with Gasteiger partial charge in [0, 0.05) is 25.4 Å². The van der Waals surface area contributed by atoms with Crippen molar-refractivity contribution in [3.63, 3.8) is 0 Å². The predicted octanol–water partition coefficient (Wildman–Crippen LogP) is 3.24. The first-order valence-electron chi connectivity index (χ1n) is 10.1. The molecule has 1 saturated carbocycles. The second-order valence-electron chi connectivity index (χ2n) is 7.53. The molecule has 1 heterocycles. The molecular weight excluding hydrogens is 360 g/mol. The lowest BCUT2D eigenvalue weighted by atomic mass is 9.88. The van der Waals surface area contributed by atoms with Crippen LogP contribution in [0.4, 0.5) is 4.79 Å². The number of carbonyl (C=O) groups excluding carboxylic acids is 2. The Hall–Kier alpha value is -2.57. The summed E-state index contributed by atoms with van der Waals surface area (Å²) in [5.41, 5.74) is 0.775. The fourth-order valence-corrected chi connectivity index (χ4v) is 3.93. The third-order valence-corrected chi connectivity index (χ3v) is 5.48. The van der Waals surface area contributed by atoms with Crippen molar-refractivity contribution in [2.45, 2.75) is 57.5 Å². The van der Waals surface area contributed by atoms with Crippen LogP contribution in [0.3, 0.4) is 0 Å². The Kier molecular flexibility index (Phi) is 6.90. The largest absolute Gasteiger partial charge is 0.478 e. The lowest BCUT2D eigenvalue weighted by molar-refractivity contribution is -0.158. The number of carboxylic acid groups (broad SMARTS) is 1. The Labute approximate surface area is 165 Å². The van der Waals surface area contributed by atoms with Crippen LogP contribution in [0, 0.1) is 5.92 Å². The molecule has 28 heavy (non-hydrogen) atoms. The van der Waals surface area contributed by atoms with Crippen molar-refractivity contribution in [2.24, 2.45) is 5.92 Å². The van der Waals surface area contributed by atoms with E-state index in [1.54, 1.807) is 12.1 Å². The molecule has 0 spiro atoms. The van der Waals surface area contributed by atoms with E-state index in [0.717, 1.165) is 50.5 Å². The van der Waals surface area contributed by atoms with Crippen LogP contribution in [-0.4, -0.2) is 52.3 Å². The van der Waals surface area contributed by atoms with Crippen LogP contribution in [0.1, 0.15) is 50.5 Å². The molecule has 1 saturated heterocycles. The molecule has 0 bridgehead atoms. The second-order valence-corrected chi connectivity index (χ2v) is 7.53. The topological polar surface area (TPSA) is 87.2 Å². The van der Waals surface area contributed by atoms with Gasteiger partial charge in [0.25, 0.3) is 0 Å². The molecular formula is C21H28N2O5. The molecule has 1 aromatic rings. The fourth-order valence-electron chi connectivity index (χ4n) is 3.93. The van der Waals surface area contributed by atoms with Crippen LogP contribution in [0.2, 0.25) is 0 Å². The minimum atomic E-state index is -1.29. The highest BCUT2D eigenvalue weighted by Gasteiger charge is 2.36. The van der Waals surface area contributed by atoms with Crippen LogP contribution in [0.5, 0.6) is 0 Å². The quantitative estimate of drug-likeness (QED) is 0.837. The molecule has 2 fully saturated rings. The number of ether oxygens (including phenoxy) is 1. The zero-order valence-electron chi connectivity index (χ0n) is 16.1. The van der Waals surface area contributed by atoms with E-state index in [1.807, 2.05) is 18.2 Å². The van der Waals surface area contributed by atoms with Gasteiger partial charge in [0.2, 0.25) is 12.0 Å². The number of benzene rings is 1. The highest BCUT2D eigenvalue weighted by molar-refractivity contribution is 5.83. The molecule has 1 aromatic carbocycles. The summed E-state index contributed by atoms with van der Waals surface area (Å²) in [4.78, 5) is 37.3. The van der Waals surface area contributed by atoms with Crippen molar-refractivity contribution in [1.82, 2.24) is 10.0 Å². The molecule has 1 aliphatic heterocycles. The van der Waals surface area contributed by atoms with E-state index in [0.29, 0.717) is 13.1 Å². The maximum atomic E-state index is 12.9. The van der Waals surface area contributed by atoms with E-state index < -0.39 is 18.2 Å². The monoisotopic (exact) mass is 388 g/mol. The van der Waals surface area contributed by atoms with E-state index in [2.05, 4.69) is 0 Å². The maximum Gasteiger partial charge on any atom is 0.429 e. The van der Waals surface area contributed by atoms with Gasteiger partial charge >= 0.3 is 12.1 Å². The molecule has 7 heteroatoms. The highest BCUT2D eigenvalue weighted by atomic mass is 16.6. The number of hydrazine groups is 1. The van der Waals surface area contributed by atoms with Gasteiger partial charge in [-0.3, -0.25) is 4.79 Å². The predicted molar refractivity (Wildman–Crippen MR) is 102 cm³/mol. The number of hydrogen-bond donors (Lipinski definition) is 1. The van der Waals surface area contributed by atoms with Crippen LogP contribution >= 0.6 is 0 Å². The zero-order valence-corrected chi connectivity index (χ0v) is 16.1. The SMILES string of the molecule is O=C(O)C(Cc1ccccc1)OC(=O)N1CCCCN1C(=O)C1CCCCC1. The summed E-state index contributed by atoms with van der Waals surface area (Å²) in [5.74, 6) is -1.28. The number of carboxylic acids is 1. The van der Waals surface area contributed by atoms with E-state index >= 15 is 0 Å². The lowest BCUT2D eigenvalue weighted by Gasteiger charge is -2.40. The van der Waals surface area contributed by atoms with Crippen LogP contribution in [-0.2, 0) is 20.7 Å². The number of rotatable bonds is 5. The Balaban J connectivity index is 1.67. The summed E-state index contributed by atoms with van der Waals surface area (Å²) in [6.07, 6.45) is 4.56. The van der Waals surface area contributed by atoms with Gasteiger partial charge in [-0.1, -0.05) is 49.6 Å². The van der Waals surface area contributed by atoms with Crippen molar-refractivity contribution in [3.8, 4) is 0 Å². The van der Waals surface area contributed by atoms with Gasteiger partial charge in [-0.05, 0) is 31.2 Å². The van der Waals surface area contributed by atoms with E-state index in [4.69, 9.17) is 4.74 Å². The van der Waals surface area contributed by atoms with Gasteiger partial charge in [-0.15, -0.1) is 0 Å². The molecule has 1 N–H and O–H groups in total. The van der Waals surface area contributed by atoms with Crippen molar-refractivity contribution in [2.75, 3.05) is 13.1 Å². The summed E-state index contributed by atoms with van der Waals surface area (Å²) < 4.78 is 5.32. The second kappa shape index (κ2) is 9.57. The Morgan fingerprint density at radius 3 is 2.25 bits per heavy atom. The third kappa shape index (κ3) is 5.03. The summed E-state index contributed by atoms with van der Waals surface area (Å²) >= 11 is 0. The van der Waals surface area contributed by atoms with Crippen LogP contribution < -0.4 is 0 Å². The minimum Gasteiger partial charge on any atom is -0.478 e. The molecule has 2 aliphatic rings. The first-order valence-corrected chi connectivity index (χ1v) is 10.1. The molecule has 2 amide bonds. The summed E-state index contributed by atoms with van der Waals surface area (Å²) in [7, 11) is 0. The average Bonchev–Trinajstić information content (AvgIpc) is 2.74. The Bertz CT molecular complexity index is 687. The molecule has 1 unspecified atom stereocenters. The molecule has 152 valence electrons. The first-order chi connectivity index (χ1) is 13.6. The third-order valence-electron chi connectivity index (χ3n) is 5.48. The van der Waals surface area contributed by atoms with Crippen molar-refractivity contribution < 1.29 is 24.2 Å². The highest BCUT2D eigenvalue weighted by Crippen LogP contribution is 2.27. The van der Waals surface area contributed by atoms with Crippen LogP contribution in [0.15, 0.2) is 30.3 Å². The van der Waals surface area contributed by atoms with Gasteiger partial charge in [0.15, 0.2) is 0 Å². The van der Waals surface area contributed by atoms with Gasteiger partial charge in [0.05, 0.1) is 0 Å². The van der Waals surface area contributed by atoms with E-state index in [1.165, 1.54) is 10.0 Å². The summed E-state index contributed by atoms with van der Waals surface area (Å²) in [6.45, 7) is 0.843. The molecule has 3 rings (SSSR count). The van der Waals surface area contributed by atoms with E-state index in [9.17, 15) is 19.5 Å². The first kappa shape index (κ1) is 20.2. The number of amides is 2. The Morgan fingerprint density at radius 2 is 1.61 bits per heavy atom. The normalized spacial score (nSPS) is 19.1. The summed E-state index contributed by atoms with van der Waals surface area (Å²) in [6, 6.07) is 9.05. The fraction of sp³-hybridized carbons (Fsp3) is 0.571. The number of hydrogen-bond acceptors (Lipinski definition) is 4. The van der Waals surface area contributed by atoms with Crippen molar-refractivity contribution in [1.29, 1.82) is 0 Å². The molecule has 7 nitrogen and oxygen atoms in total. The molecule has 1 aliphatic carbocycles.